The summed E-state index contributed by atoms with van der Waals surface area (Å²) in [6.07, 6.45) is 7.77. The van der Waals surface area contributed by atoms with E-state index in [4.69, 9.17) is 0 Å². The molecule has 13 heavy (non-hydrogen) atoms. The summed E-state index contributed by atoms with van der Waals surface area (Å²) in [6.45, 7) is 6.37. The van der Waals surface area contributed by atoms with Gasteiger partial charge in [-0.05, 0) is 38.1 Å². The summed E-state index contributed by atoms with van der Waals surface area (Å²) in [5.41, 5.74) is 0. The van der Waals surface area contributed by atoms with Crippen LogP contribution in [0.2, 0.25) is 0 Å². The molecule has 0 spiro atoms. The van der Waals surface area contributed by atoms with Crippen LogP contribution in [0.5, 0.6) is 0 Å². The molecule has 0 radical (unpaired) electrons. The second kappa shape index (κ2) is 3.45. The van der Waals surface area contributed by atoms with Crippen LogP contribution in [0.3, 0.4) is 0 Å². The molecule has 0 amide bonds. The maximum absolute atomic E-state index is 3.97. The SMILES string of the molecule is C=C[C@H]1CC2CCCC([C@H]1C)N2C. The first-order chi connectivity index (χ1) is 6.24. The van der Waals surface area contributed by atoms with Gasteiger partial charge in [0, 0.05) is 12.1 Å². The lowest BCUT2D eigenvalue weighted by Crippen LogP contribution is -2.53. The van der Waals surface area contributed by atoms with Crippen molar-refractivity contribution in [3.05, 3.63) is 12.7 Å². The van der Waals surface area contributed by atoms with Crippen LogP contribution in [0.25, 0.3) is 0 Å². The van der Waals surface area contributed by atoms with E-state index < -0.39 is 0 Å². The minimum Gasteiger partial charge on any atom is -0.300 e. The smallest absolute Gasteiger partial charge is 0.0126 e. The predicted molar refractivity (Wildman–Crippen MR) is 56.7 cm³/mol. The van der Waals surface area contributed by atoms with Crippen molar-refractivity contribution in [2.45, 2.75) is 44.7 Å². The third-order valence-electron chi connectivity index (χ3n) is 4.27. The molecule has 2 saturated heterocycles. The molecule has 0 aliphatic carbocycles. The Morgan fingerprint density at radius 3 is 2.85 bits per heavy atom. The van der Waals surface area contributed by atoms with Gasteiger partial charge in [0.1, 0.15) is 0 Å². The number of nitrogens with zero attached hydrogens (tertiary/aromatic N) is 1. The van der Waals surface area contributed by atoms with Gasteiger partial charge in [0.05, 0.1) is 0 Å². The molecule has 1 nitrogen and oxygen atoms in total. The molecule has 2 fully saturated rings. The minimum absolute atomic E-state index is 0.770. The molecule has 2 aliphatic rings. The molecule has 0 aromatic heterocycles. The quantitative estimate of drug-likeness (QED) is 0.559. The summed E-state index contributed by atoms with van der Waals surface area (Å²) in [5, 5.41) is 0. The number of allylic oxidation sites excluding steroid dienone is 1. The highest BCUT2D eigenvalue weighted by atomic mass is 15.2. The van der Waals surface area contributed by atoms with Gasteiger partial charge in [-0.1, -0.05) is 19.4 Å². The fraction of sp³-hybridized carbons (Fsp3) is 0.833. The van der Waals surface area contributed by atoms with Crippen molar-refractivity contribution in [1.82, 2.24) is 4.90 Å². The highest BCUT2D eigenvalue weighted by Crippen LogP contribution is 2.39. The summed E-state index contributed by atoms with van der Waals surface area (Å²) in [5.74, 6) is 1.59. The van der Waals surface area contributed by atoms with Crippen LogP contribution in [0.1, 0.15) is 32.6 Å². The minimum atomic E-state index is 0.770. The molecule has 0 aromatic carbocycles. The van der Waals surface area contributed by atoms with Gasteiger partial charge in [0.25, 0.3) is 0 Å². The average Bonchev–Trinajstić information content (AvgIpc) is 2.12. The van der Waals surface area contributed by atoms with Crippen molar-refractivity contribution in [2.75, 3.05) is 7.05 Å². The zero-order chi connectivity index (χ0) is 9.42. The van der Waals surface area contributed by atoms with Crippen molar-refractivity contribution in [2.24, 2.45) is 11.8 Å². The van der Waals surface area contributed by atoms with Crippen LogP contribution >= 0.6 is 0 Å². The lowest BCUT2D eigenvalue weighted by atomic mass is 9.72. The molecule has 0 N–H and O–H groups in total. The molecule has 0 aromatic rings. The summed E-state index contributed by atoms with van der Waals surface area (Å²) in [6, 6.07) is 1.67. The van der Waals surface area contributed by atoms with Crippen LogP contribution in [0.4, 0.5) is 0 Å². The van der Waals surface area contributed by atoms with Crippen LogP contribution in [0.15, 0.2) is 12.7 Å². The summed E-state index contributed by atoms with van der Waals surface area (Å²) in [4.78, 5) is 2.62. The third-order valence-corrected chi connectivity index (χ3v) is 4.27. The Morgan fingerprint density at radius 1 is 1.38 bits per heavy atom. The zero-order valence-electron chi connectivity index (χ0n) is 8.87. The van der Waals surface area contributed by atoms with E-state index in [1.54, 1.807) is 0 Å². The van der Waals surface area contributed by atoms with E-state index in [1.807, 2.05) is 0 Å². The van der Waals surface area contributed by atoms with Crippen molar-refractivity contribution in [3.8, 4) is 0 Å². The predicted octanol–water partition coefficient (Wildman–Crippen LogP) is 2.68. The Morgan fingerprint density at radius 2 is 2.15 bits per heavy atom. The van der Waals surface area contributed by atoms with Gasteiger partial charge in [-0.3, -0.25) is 0 Å². The van der Waals surface area contributed by atoms with E-state index in [0.717, 1.165) is 23.9 Å². The van der Waals surface area contributed by atoms with E-state index >= 15 is 0 Å². The second-order valence-electron chi connectivity index (χ2n) is 4.81. The first-order valence-corrected chi connectivity index (χ1v) is 5.58. The number of hydrogen-bond donors (Lipinski definition) is 0. The van der Waals surface area contributed by atoms with Crippen molar-refractivity contribution >= 4 is 0 Å². The molecule has 4 atom stereocenters. The van der Waals surface area contributed by atoms with Crippen LogP contribution in [-0.4, -0.2) is 24.0 Å². The standard InChI is InChI=1S/C12H21N/c1-4-10-8-11-6-5-7-12(9(10)2)13(11)3/h4,9-12H,1,5-8H2,2-3H3/t9-,10-,11?,12?/m0/s1. The Bertz CT molecular complexity index is 199. The molecule has 2 heterocycles. The van der Waals surface area contributed by atoms with E-state index in [9.17, 15) is 0 Å². The fourth-order valence-corrected chi connectivity index (χ4v) is 3.28. The van der Waals surface area contributed by atoms with Crippen LogP contribution in [0, 0.1) is 11.8 Å². The Balaban J connectivity index is 2.16. The summed E-state index contributed by atoms with van der Waals surface area (Å²) in [7, 11) is 2.31. The van der Waals surface area contributed by atoms with E-state index in [1.165, 1.54) is 25.7 Å². The second-order valence-corrected chi connectivity index (χ2v) is 4.81. The third kappa shape index (κ3) is 1.43. The largest absolute Gasteiger partial charge is 0.300 e. The Labute approximate surface area is 81.8 Å². The lowest BCUT2D eigenvalue weighted by Gasteiger charge is -2.50. The topological polar surface area (TPSA) is 3.24 Å². The fourth-order valence-electron chi connectivity index (χ4n) is 3.28. The van der Waals surface area contributed by atoms with Gasteiger partial charge in [0.15, 0.2) is 0 Å². The van der Waals surface area contributed by atoms with Gasteiger partial charge in [-0.25, -0.2) is 0 Å². The number of hydrogen-bond acceptors (Lipinski definition) is 1. The highest BCUT2D eigenvalue weighted by molar-refractivity contribution is 4.99. The van der Waals surface area contributed by atoms with Crippen molar-refractivity contribution in [1.29, 1.82) is 0 Å². The first kappa shape index (κ1) is 9.26. The van der Waals surface area contributed by atoms with E-state index in [2.05, 4.69) is 31.5 Å². The Hall–Kier alpha value is -0.300. The highest BCUT2D eigenvalue weighted by Gasteiger charge is 2.39. The first-order valence-electron chi connectivity index (χ1n) is 5.58. The van der Waals surface area contributed by atoms with Crippen molar-refractivity contribution < 1.29 is 0 Å². The number of piperidine rings is 2. The van der Waals surface area contributed by atoms with Crippen LogP contribution < -0.4 is 0 Å². The molecule has 2 unspecified atom stereocenters. The van der Waals surface area contributed by atoms with Gasteiger partial charge in [-0.15, -0.1) is 6.58 Å². The van der Waals surface area contributed by atoms with Gasteiger partial charge in [-0.2, -0.15) is 0 Å². The van der Waals surface area contributed by atoms with Gasteiger partial charge >= 0.3 is 0 Å². The monoisotopic (exact) mass is 179 g/mol. The molecule has 2 bridgehead atoms. The summed E-state index contributed by atoms with van der Waals surface area (Å²) < 4.78 is 0. The average molecular weight is 179 g/mol. The molecule has 1 heteroatoms. The number of rotatable bonds is 1. The van der Waals surface area contributed by atoms with E-state index in [0.29, 0.717) is 0 Å². The molecule has 2 aliphatic heterocycles. The van der Waals surface area contributed by atoms with Crippen molar-refractivity contribution in [3.63, 3.8) is 0 Å². The van der Waals surface area contributed by atoms with Gasteiger partial charge < -0.3 is 4.90 Å². The molecule has 2 rings (SSSR count). The molecule has 0 saturated carbocycles. The lowest BCUT2D eigenvalue weighted by molar-refractivity contribution is 0.00745. The maximum Gasteiger partial charge on any atom is 0.0126 e. The molecule has 74 valence electrons. The van der Waals surface area contributed by atoms with Crippen LogP contribution in [-0.2, 0) is 0 Å². The normalized spacial score (nSPS) is 46.0. The Kier molecular flexibility index (Phi) is 2.46. The zero-order valence-corrected chi connectivity index (χ0v) is 8.87. The maximum atomic E-state index is 3.97. The molecular weight excluding hydrogens is 158 g/mol. The van der Waals surface area contributed by atoms with E-state index in [-0.39, 0.29) is 0 Å². The summed E-state index contributed by atoms with van der Waals surface area (Å²) >= 11 is 0. The number of fused-ring (bicyclic) bond motifs is 2. The van der Waals surface area contributed by atoms with Gasteiger partial charge in [0.2, 0.25) is 0 Å². The molecular formula is C12H21N.